The van der Waals surface area contributed by atoms with E-state index in [0.29, 0.717) is 23.3 Å². The number of nitrogens with one attached hydrogen (secondary N) is 1. The smallest absolute Gasteiger partial charge is 0.349 e. The molecular weight excluding hydrogens is 342 g/mol. The largest absolute Gasteiger partial charge is 0.497 e. The number of fused-ring (bicyclic) bond motifs is 1. The van der Waals surface area contributed by atoms with Gasteiger partial charge in [0.25, 0.3) is 5.91 Å². The van der Waals surface area contributed by atoms with Crippen LogP contribution in [0, 0.1) is 23.2 Å². The fraction of sp³-hybridized carbons (Fsp3) is 0.545. The summed E-state index contributed by atoms with van der Waals surface area (Å²) in [6.45, 7) is 0.672. The van der Waals surface area contributed by atoms with Crippen LogP contribution < -0.4 is 15.7 Å². The van der Waals surface area contributed by atoms with E-state index in [1.165, 1.54) is 38.5 Å². The number of rotatable bonds is 4. The molecule has 0 unspecified atom stereocenters. The molecule has 0 aliphatic heterocycles. The zero-order valence-electron chi connectivity index (χ0n) is 15.6. The quantitative estimate of drug-likeness (QED) is 0.836. The van der Waals surface area contributed by atoms with Crippen molar-refractivity contribution in [1.82, 2.24) is 5.32 Å². The molecule has 142 valence electrons. The van der Waals surface area contributed by atoms with Gasteiger partial charge < -0.3 is 14.5 Å². The second-order valence-electron chi connectivity index (χ2n) is 8.95. The number of hydrogen-bond donors (Lipinski definition) is 1. The molecule has 4 saturated carbocycles. The summed E-state index contributed by atoms with van der Waals surface area (Å²) in [5, 5.41) is 3.75. The van der Waals surface area contributed by atoms with E-state index >= 15 is 0 Å². The van der Waals surface area contributed by atoms with Crippen LogP contribution in [0.4, 0.5) is 0 Å². The lowest BCUT2D eigenvalue weighted by Crippen LogP contribution is -2.51. The van der Waals surface area contributed by atoms with E-state index < -0.39 is 5.63 Å². The molecule has 0 saturated heterocycles. The van der Waals surface area contributed by atoms with Crippen molar-refractivity contribution in [3.8, 4) is 5.75 Å². The molecule has 4 aliphatic rings. The first-order valence-corrected chi connectivity index (χ1v) is 9.94. The average Bonchev–Trinajstić information content (AvgIpc) is 2.64. The molecule has 4 bridgehead atoms. The Morgan fingerprint density at radius 3 is 2.44 bits per heavy atom. The fourth-order valence-electron chi connectivity index (χ4n) is 6.26. The van der Waals surface area contributed by atoms with Crippen molar-refractivity contribution in [3.63, 3.8) is 0 Å². The minimum atomic E-state index is -0.587. The third-order valence-electron chi connectivity index (χ3n) is 6.97. The van der Waals surface area contributed by atoms with Gasteiger partial charge in [-0.3, -0.25) is 4.79 Å². The number of carbonyl (C=O) groups excluding carboxylic acids is 1. The van der Waals surface area contributed by atoms with Crippen molar-refractivity contribution in [3.05, 3.63) is 40.2 Å². The molecule has 0 radical (unpaired) electrons. The Balaban J connectivity index is 1.36. The van der Waals surface area contributed by atoms with E-state index in [4.69, 9.17) is 9.15 Å². The van der Waals surface area contributed by atoms with Gasteiger partial charge in [0.15, 0.2) is 0 Å². The summed E-state index contributed by atoms with van der Waals surface area (Å²) >= 11 is 0. The van der Waals surface area contributed by atoms with Gasteiger partial charge >= 0.3 is 5.63 Å². The van der Waals surface area contributed by atoms with E-state index in [1.54, 1.807) is 31.4 Å². The number of hydrogen-bond acceptors (Lipinski definition) is 4. The molecule has 1 amide bonds. The highest BCUT2D eigenvalue weighted by Crippen LogP contribution is 2.59. The van der Waals surface area contributed by atoms with Crippen molar-refractivity contribution in [2.24, 2.45) is 23.2 Å². The first-order chi connectivity index (χ1) is 13.0. The number of benzene rings is 1. The van der Waals surface area contributed by atoms with Crippen molar-refractivity contribution < 1.29 is 13.9 Å². The minimum absolute atomic E-state index is 0.0699. The molecule has 1 heterocycles. The molecule has 1 aromatic heterocycles. The Bertz CT molecular complexity index is 925. The van der Waals surface area contributed by atoms with Crippen LogP contribution in [0.2, 0.25) is 0 Å². The predicted molar refractivity (Wildman–Crippen MR) is 102 cm³/mol. The van der Waals surface area contributed by atoms with Crippen molar-refractivity contribution in [2.75, 3.05) is 13.7 Å². The monoisotopic (exact) mass is 367 g/mol. The third-order valence-corrected chi connectivity index (χ3v) is 6.97. The van der Waals surface area contributed by atoms with Crippen molar-refractivity contribution in [1.29, 1.82) is 0 Å². The Morgan fingerprint density at radius 2 is 1.81 bits per heavy atom. The zero-order chi connectivity index (χ0) is 18.6. The molecule has 1 N–H and O–H groups in total. The van der Waals surface area contributed by atoms with Gasteiger partial charge in [-0.1, -0.05) is 0 Å². The number of methoxy groups -OCH3 is 1. The third kappa shape index (κ3) is 2.93. The number of amides is 1. The molecule has 4 fully saturated rings. The zero-order valence-corrected chi connectivity index (χ0v) is 15.6. The lowest BCUT2D eigenvalue weighted by atomic mass is 9.49. The summed E-state index contributed by atoms with van der Waals surface area (Å²) in [7, 11) is 1.58. The first kappa shape index (κ1) is 16.8. The SMILES string of the molecule is COc1ccc2oc(=O)c(C(=O)NCC34CC5CC(CC(C5)C3)C4)cc2c1. The molecular formula is C22H25NO4. The lowest BCUT2D eigenvalue weighted by molar-refractivity contribution is -0.0503. The normalized spacial score (nSPS) is 31.2. The van der Waals surface area contributed by atoms with Crippen LogP contribution >= 0.6 is 0 Å². The van der Waals surface area contributed by atoms with Crippen LogP contribution in [-0.4, -0.2) is 19.6 Å². The Labute approximate surface area is 158 Å². The maximum atomic E-state index is 12.8. The van der Waals surface area contributed by atoms with E-state index in [2.05, 4.69) is 5.32 Å². The molecule has 5 heteroatoms. The standard InChI is InChI=1S/C22H25NO4/c1-26-17-2-3-19-16(7-17)8-18(21(25)27-19)20(24)23-12-22-9-13-4-14(10-22)6-15(5-13)11-22/h2-3,7-8,13-15H,4-6,9-12H2,1H3,(H,23,24). The summed E-state index contributed by atoms with van der Waals surface area (Å²) in [6.07, 6.45) is 7.81. The maximum Gasteiger partial charge on any atom is 0.349 e. The molecule has 4 aliphatic carbocycles. The molecule has 5 nitrogen and oxygen atoms in total. The molecule has 27 heavy (non-hydrogen) atoms. The van der Waals surface area contributed by atoms with Crippen LogP contribution in [-0.2, 0) is 0 Å². The van der Waals surface area contributed by atoms with Gasteiger partial charge in [0, 0.05) is 11.9 Å². The Hall–Kier alpha value is -2.30. The van der Waals surface area contributed by atoms with Crippen LogP contribution in [0.1, 0.15) is 48.9 Å². The topological polar surface area (TPSA) is 68.5 Å². The fourth-order valence-corrected chi connectivity index (χ4v) is 6.26. The van der Waals surface area contributed by atoms with Gasteiger partial charge in [0.05, 0.1) is 7.11 Å². The predicted octanol–water partition coefficient (Wildman–Crippen LogP) is 3.75. The first-order valence-electron chi connectivity index (χ1n) is 9.94. The van der Waals surface area contributed by atoms with Crippen LogP contribution in [0.25, 0.3) is 11.0 Å². The molecule has 1 aromatic carbocycles. The summed E-state index contributed by atoms with van der Waals surface area (Å²) in [4.78, 5) is 25.0. The van der Waals surface area contributed by atoms with Crippen molar-refractivity contribution >= 4 is 16.9 Å². The van der Waals surface area contributed by atoms with Crippen LogP contribution in [0.3, 0.4) is 0 Å². The number of carbonyl (C=O) groups is 1. The molecule has 0 spiro atoms. The van der Waals surface area contributed by atoms with Gasteiger partial charge in [-0.2, -0.15) is 0 Å². The molecule has 6 rings (SSSR count). The lowest BCUT2D eigenvalue weighted by Gasteiger charge is -2.56. The van der Waals surface area contributed by atoms with E-state index in [0.717, 1.165) is 17.8 Å². The van der Waals surface area contributed by atoms with Gasteiger partial charge in [0.1, 0.15) is 16.9 Å². The average molecular weight is 367 g/mol. The Morgan fingerprint density at radius 1 is 1.15 bits per heavy atom. The maximum absolute atomic E-state index is 12.8. The van der Waals surface area contributed by atoms with Crippen LogP contribution in [0.15, 0.2) is 33.5 Å². The van der Waals surface area contributed by atoms with E-state index in [9.17, 15) is 9.59 Å². The van der Waals surface area contributed by atoms with Crippen molar-refractivity contribution in [2.45, 2.75) is 38.5 Å². The highest BCUT2D eigenvalue weighted by molar-refractivity contribution is 5.96. The van der Waals surface area contributed by atoms with Crippen LogP contribution in [0.5, 0.6) is 5.75 Å². The number of ether oxygens (including phenoxy) is 1. The Kier molecular flexibility index (Phi) is 3.81. The summed E-state index contributed by atoms with van der Waals surface area (Å²) in [5.74, 6) is 2.85. The minimum Gasteiger partial charge on any atom is -0.497 e. The molecule has 0 atom stereocenters. The highest BCUT2D eigenvalue weighted by atomic mass is 16.5. The molecule has 2 aromatic rings. The highest BCUT2D eigenvalue weighted by Gasteiger charge is 2.50. The van der Waals surface area contributed by atoms with E-state index in [-0.39, 0.29) is 16.9 Å². The second-order valence-corrected chi connectivity index (χ2v) is 8.95. The van der Waals surface area contributed by atoms with Gasteiger partial charge in [-0.05, 0) is 86.0 Å². The summed E-state index contributed by atoms with van der Waals surface area (Å²) < 4.78 is 10.6. The van der Waals surface area contributed by atoms with Gasteiger partial charge in [-0.15, -0.1) is 0 Å². The van der Waals surface area contributed by atoms with Gasteiger partial charge in [0.2, 0.25) is 0 Å². The summed E-state index contributed by atoms with van der Waals surface area (Å²) in [5.41, 5.74) is 0.180. The summed E-state index contributed by atoms with van der Waals surface area (Å²) in [6, 6.07) is 6.80. The van der Waals surface area contributed by atoms with E-state index in [1.807, 2.05) is 0 Å². The van der Waals surface area contributed by atoms with Gasteiger partial charge in [-0.25, -0.2) is 4.79 Å². The second kappa shape index (κ2) is 6.11.